The second-order valence-electron chi connectivity index (χ2n) is 2.94. The van der Waals surface area contributed by atoms with Gasteiger partial charge in [0, 0.05) is 4.47 Å². The van der Waals surface area contributed by atoms with E-state index in [-0.39, 0.29) is 0 Å². The number of ether oxygens (including phenoxy) is 1. The van der Waals surface area contributed by atoms with Crippen LogP contribution >= 0.6 is 39.1 Å². The van der Waals surface area contributed by atoms with Gasteiger partial charge in [-0.2, -0.15) is 0 Å². The van der Waals surface area contributed by atoms with Crippen LogP contribution in [0.1, 0.15) is 5.56 Å². The zero-order chi connectivity index (χ0) is 11.4. The smallest absolute Gasteiger partial charge is 0.324 e. The topological polar surface area (TPSA) is 26.3 Å². The van der Waals surface area contributed by atoms with Gasteiger partial charge < -0.3 is 4.74 Å². The van der Waals surface area contributed by atoms with Crippen LogP contribution in [0.4, 0.5) is 0 Å². The molecule has 0 saturated carbocycles. The minimum absolute atomic E-state index is 0.421. The molecule has 0 aliphatic heterocycles. The van der Waals surface area contributed by atoms with Crippen LogP contribution in [0, 0.1) is 0 Å². The van der Waals surface area contributed by atoms with Gasteiger partial charge in [0.25, 0.3) is 0 Å². The largest absolute Gasteiger partial charge is 0.468 e. The molecule has 15 heavy (non-hydrogen) atoms. The molecule has 0 radical (unpaired) electrons. The van der Waals surface area contributed by atoms with Gasteiger partial charge in [-0.15, -0.1) is 11.6 Å². The number of alkyl halides is 1. The van der Waals surface area contributed by atoms with Crippen LogP contribution in [0.5, 0.6) is 0 Å². The van der Waals surface area contributed by atoms with Gasteiger partial charge >= 0.3 is 5.97 Å². The van der Waals surface area contributed by atoms with Gasteiger partial charge in [-0.3, -0.25) is 4.79 Å². The molecule has 0 fully saturated rings. The van der Waals surface area contributed by atoms with E-state index >= 15 is 0 Å². The summed E-state index contributed by atoms with van der Waals surface area (Å²) in [5, 5.41) is -0.0361. The monoisotopic (exact) mass is 310 g/mol. The molecule has 0 N–H and O–H groups in total. The SMILES string of the molecule is COC(=O)C(Cl)Cc1ccc(Cl)c(Br)c1. The Kier molecular flexibility index (Phi) is 4.90. The Bertz CT molecular complexity index is 368. The molecule has 2 nitrogen and oxygen atoms in total. The minimum atomic E-state index is -0.664. The van der Waals surface area contributed by atoms with Crippen LogP contribution in [0.25, 0.3) is 0 Å². The van der Waals surface area contributed by atoms with E-state index in [1.165, 1.54) is 7.11 Å². The van der Waals surface area contributed by atoms with E-state index in [0.717, 1.165) is 10.0 Å². The number of hydrogen-bond donors (Lipinski definition) is 0. The molecule has 0 amide bonds. The normalized spacial score (nSPS) is 12.3. The van der Waals surface area contributed by atoms with Gasteiger partial charge in [-0.05, 0) is 40.0 Å². The Morgan fingerprint density at radius 2 is 2.27 bits per heavy atom. The van der Waals surface area contributed by atoms with Crippen molar-refractivity contribution in [3.63, 3.8) is 0 Å². The fourth-order valence-corrected chi connectivity index (χ4v) is 1.90. The molecule has 0 saturated heterocycles. The number of hydrogen-bond acceptors (Lipinski definition) is 2. The van der Waals surface area contributed by atoms with Crippen LogP contribution in [0.2, 0.25) is 5.02 Å². The number of halogens is 3. The summed E-state index contributed by atoms with van der Waals surface area (Å²) in [6, 6.07) is 5.41. The number of benzene rings is 1. The van der Waals surface area contributed by atoms with E-state index in [1.54, 1.807) is 6.07 Å². The maximum Gasteiger partial charge on any atom is 0.324 e. The quantitative estimate of drug-likeness (QED) is 0.631. The zero-order valence-corrected chi connectivity index (χ0v) is 11.1. The van der Waals surface area contributed by atoms with Crippen LogP contribution in [0.15, 0.2) is 22.7 Å². The Labute approximate surface area is 107 Å². The van der Waals surface area contributed by atoms with Crippen molar-refractivity contribution in [3.05, 3.63) is 33.3 Å². The summed E-state index contributed by atoms with van der Waals surface area (Å²) < 4.78 is 5.32. The second kappa shape index (κ2) is 5.73. The minimum Gasteiger partial charge on any atom is -0.468 e. The lowest BCUT2D eigenvalue weighted by Crippen LogP contribution is -2.18. The van der Waals surface area contributed by atoms with Crippen LogP contribution < -0.4 is 0 Å². The van der Waals surface area contributed by atoms with E-state index in [4.69, 9.17) is 23.2 Å². The third-order valence-corrected chi connectivity index (χ3v) is 3.40. The number of carbonyl (C=O) groups excluding carboxylic acids is 1. The first-order valence-electron chi connectivity index (χ1n) is 4.20. The third-order valence-electron chi connectivity index (χ3n) is 1.86. The molecule has 1 aromatic rings. The first-order valence-corrected chi connectivity index (χ1v) is 5.81. The van der Waals surface area contributed by atoms with Crippen LogP contribution in [0.3, 0.4) is 0 Å². The van der Waals surface area contributed by atoms with Gasteiger partial charge in [0.15, 0.2) is 0 Å². The molecule has 5 heteroatoms. The Morgan fingerprint density at radius 3 is 2.80 bits per heavy atom. The summed E-state index contributed by atoms with van der Waals surface area (Å²) in [7, 11) is 1.31. The highest BCUT2D eigenvalue weighted by molar-refractivity contribution is 9.10. The number of esters is 1. The lowest BCUT2D eigenvalue weighted by atomic mass is 10.1. The second-order valence-corrected chi connectivity index (χ2v) is 4.73. The molecule has 0 bridgehead atoms. The van der Waals surface area contributed by atoms with E-state index in [9.17, 15) is 4.79 Å². The van der Waals surface area contributed by atoms with Crippen molar-refractivity contribution in [1.82, 2.24) is 0 Å². The summed E-state index contributed by atoms with van der Waals surface area (Å²) in [5.41, 5.74) is 0.927. The van der Waals surface area contributed by atoms with Crippen molar-refractivity contribution in [2.24, 2.45) is 0 Å². The van der Waals surface area contributed by atoms with Crippen molar-refractivity contribution in [1.29, 1.82) is 0 Å². The molecule has 0 aliphatic rings. The van der Waals surface area contributed by atoms with Gasteiger partial charge in [0.1, 0.15) is 5.38 Å². The molecule has 82 valence electrons. The van der Waals surface area contributed by atoms with Gasteiger partial charge in [0.2, 0.25) is 0 Å². The maximum atomic E-state index is 11.1. The molecule has 1 unspecified atom stereocenters. The van der Waals surface area contributed by atoms with Crippen molar-refractivity contribution in [3.8, 4) is 0 Å². The number of methoxy groups -OCH3 is 1. The highest BCUT2D eigenvalue weighted by atomic mass is 79.9. The molecule has 0 aliphatic carbocycles. The Hall–Kier alpha value is -0.250. The first kappa shape index (κ1) is 12.8. The highest BCUT2D eigenvalue weighted by Gasteiger charge is 2.16. The molecular formula is C10H9BrCl2O2. The van der Waals surface area contributed by atoms with Crippen molar-refractivity contribution < 1.29 is 9.53 Å². The lowest BCUT2D eigenvalue weighted by Gasteiger charge is -2.07. The molecular weight excluding hydrogens is 303 g/mol. The summed E-state index contributed by atoms with van der Waals surface area (Å²) >= 11 is 15.0. The average Bonchev–Trinajstić information content (AvgIpc) is 2.22. The fourth-order valence-electron chi connectivity index (χ4n) is 1.08. The molecule has 0 aromatic heterocycles. The van der Waals surface area contributed by atoms with Crippen molar-refractivity contribution in [2.75, 3.05) is 7.11 Å². The molecule has 0 spiro atoms. The molecule has 1 aromatic carbocycles. The first-order chi connectivity index (χ1) is 7.04. The van der Waals surface area contributed by atoms with Crippen molar-refractivity contribution in [2.45, 2.75) is 11.8 Å². The van der Waals surface area contributed by atoms with E-state index < -0.39 is 11.3 Å². The summed E-state index contributed by atoms with van der Waals surface area (Å²) in [6.45, 7) is 0. The van der Waals surface area contributed by atoms with Gasteiger partial charge in [-0.25, -0.2) is 0 Å². The number of rotatable bonds is 3. The van der Waals surface area contributed by atoms with Gasteiger partial charge in [-0.1, -0.05) is 17.7 Å². The van der Waals surface area contributed by atoms with Gasteiger partial charge in [0.05, 0.1) is 12.1 Å². The maximum absolute atomic E-state index is 11.1. The van der Waals surface area contributed by atoms with E-state index in [2.05, 4.69) is 20.7 Å². The summed E-state index contributed by atoms with van der Waals surface area (Å²) in [4.78, 5) is 11.1. The number of carbonyl (C=O) groups is 1. The molecule has 1 atom stereocenters. The summed E-state index contributed by atoms with van der Waals surface area (Å²) in [5.74, 6) is -0.428. The fraction of sp³-hybridized carbons (Fsp3) is 0.300. The van der Waals surface area contributed by atoms with E-state index in [0.29, 0.717) is 11.4 Å². The standard InChI is InChI=1S/C10H9BrCl2O2/c1-15-10(14)9(13)5-6-2-3-8(12)7(11)4-6/h2-4,9H,5H2,1H3. The molecule has 0 heterocycles. The predicted octanol–water partition coefficient (Wildman–Crippen LogP) is 3.43. The third kappa shape index (κ3) is 3.67. The Balaban J connectivity index is 2.73. The van der Waals surface area contributed by atoms with Crippen LogP contribution in [-0.4, -0.2) is 18.5 Å². The lowest BCUT2D eigenvalue weighted by molar-refractivity contribution is -0.140. The van der Waals surface area contributed by atoms with Crippen LogP contribution in [-0.2, 0) is 16.0 Å². The molecule has 1 rings (SSSR count). The van der Waals surface area contributed by atoms with E-state index in [1.807, 2.05) is 12.1 Å². The zero-order valence-electron chi connectivity index (χ0n) is 7.97. The highest BCUT2D eigenvalue weighted by Crippen LogP contribution is 2.24. The summed E-state index contributed by atoms with van der Waals surface area (Å²) in [6.07, 6.45) is 0.421. The predicted molar refractivity (Wildman–Crippen MR) is 64.5 cm³/mol. The van der Waals surface area contributed by atoms with Crippen molar-refractivity contribution >= 4 is 45.1 Å². The Morgan fingerprint density at radius 1 is 1.60 bits per heavy atom. The average molecular weight is 312 g/mol.